The molecule has 31 heavy (non-hydrogen) atoms. The number of nitrogens with zero attached hydrogens (tertiary/aromatic N) is 1. The molecule has 0 aromatic rings. The van der Waals surface area contributed by atoms with Crippen LogP contribution in [-0.4, -0.2) is 93.5 Å². The molecule has 0 aromatic heterocycles. The molecule has 15 heteroatoms. The predicted molar refractivity (Wildman–Crippen MR) is 81.7 cm³/mol. The van der Waals surface area contributed by atoms with Gasteiger partial charge in [-0.25, -0.2) is 22.0 Å². The number of morpholine rings is 1. The molecule has 184 valence electrons. The van der Waals surface area contributed by atoms with Crippen molar-refractivity contribution in [3.63, 3.8) is 0 Å². The first-order valence-corrected chi connectivity index (χ1v) is 8.99. The summed E-state index contributed by atoms with van der Waals surface area (Å²) in [5.74, 6) is -9.89. The van der Waals surface area contributed by atoms with Crippen LogP contribution in [0.15, 0.2) is 0 Å². The molecule has 0 radical (unpaired) electrons. The fourth-order valence-electron chi connectivity index (χ4n) is 3.37. The van der Waals surface area contributed by atoms with Crippen LogP contribution < -0.4 is 0 Å². The summed E-state index contributed by atoms with van der Waals surface area (Å²) in [6, 6.07) is -3.38. The molecule has 2 rings (SSSR count). The van der Waals surface area contributed by atoms with E-state index in [4.69, 9.17) is 4.74 Å². The van der Waals surface area contributed by atoms with Crippen LogP contribution in [0.3, 0.4) is 0 Å². The zero-order chi connectivity index (χ0) is 23.9. The van der Waals surface area contributed by atoms with Crippen LogP contribution >= 0.6 is 0 Å². The van der Waals surface area contributed by atoms with Crippen LogP contribution in [0.25, 0.3) is 0 Å². The first-order valence-electron chi connectivity index (χ1n) is 8.99. The standard InChI is InChI=1S/C16H20F11NO3/c1-12(14(20,21)10(17)15(22,23)24)7-30-6-9(31-8-12)13(18,19)11(16(25,26)27)28-2-4-29-5-3-28/h9-11H,2-8H2,1H3. The van der Waals surface area contributed by atoms with Crippen molar-refractivity contribution in [3.8, 4) is 0 Å². The Kier molecular flexibility index (Phi) is 7.46. The first-order chi connectivity index (χ1) is 13.9. The average molecular weight is 483 g/mol. The zero-order valence-electron chi connectivity index (χ0n) is 16.0. The normalized spacial score (nSPS) is 30.0. The molecule has 0 bridgehead atoms. The van der Waals surface area contributed by atoms with E-state index in [0.717, 1.165) is 0 Å². The van der Waals surface area contributed by atoms with E-state index in [1.807, 2.05) is 0 Å². The van der Waals surface area contributed by atoms with E-state index < -0.39 is 80.8 Å². The van der Waals surface area contributed by atoms with E-state index in [2.05, 4.69) is 9.47 Å². The highest BCUT2D eigenvalue weighted by atomic mass is 19.4. The number of halogens is 11. The van der Waals surface area contributed by atoms with Gasteiger partial charge in [0.25, 0.3) is 18.0 Å². The van der Waals surface area contributed by atoms with Crippen molar-refractivity contribution in [2.24, 2.45) is 5.41 Å². The lowest BCUT2D eigenvalue weighted by atomic mass is 9.82. The van der Waals surface area contributed by atoms with Gasteiger partial charge in [-0.2, -0.15) is 26.3 Å². The van der Waals surface area contributed by atoms with Crippen LogP contribution in [0.5, 0.6) is 0 Å². The Morgan fingerprint density at radius 3 is 1.87 bits per heavy atom. The van der Waals surface area contributed by atoms with E-state index in [9.17, 15) is 48.3 Å². The molecule has 0 aromatic carbocycles. The van der Waals surface area contributed by atoms with Gasteiger partial charge in [-0.15, -0.1) is 0 Å². The summed E-state index contributed by atoms with van der Waals surface area (Å²) < 4.78 is 163. The smallest absolute Gasteiger partial charge is 0.379 e. The van der Waals surface area contributed by atoms with Crippen molar-refractivity contribution < 1.29 is 62.5 Å². The van der Waals surface area contributed by atoms with E-state index in [1.54, 1.807) is 0 Å². The maximum Gasteiger partial charge on any atom is 0.425 e. The highest BCUT2D eigenvalue weighted by Gasteiger charge is 2.68. The van der Waals surface area contributed by atoms with Gasteiger partial charge in [-0.05, 0) is 6.92 Å². The van der Waals surface area contributed by atoms with Crippen molar-refractivity contribution in [3.05, 3.63) is 0 Å². The maximum atomic E-state index is 14.9. The second-order valence-corrected chi connectivity index (χ2v) is 7.67. The molecule has 2 fully saturated rings. The van der Waals surface area contributed by atoms with Crippen LogP contribution in [0.4, 0.5) is 48.3 Å². The molecular formula is C16H20F11NO3. The third-order valence-electron chi connectivity index (χ3n) is 5.22. The minimum absolute atomic E-state index is 0.260. The molecular weight excluding hydrogens is 463 g/mol. The lowest BCUT2D eigenvalue weighted by Gasteiger charge is -2.42. The maximum absolute atomic E-state index is 14.9. The minimum atomic E-state index is -5.97. The van der Waals surface area contributed by atoms with Crippen molar-refractivity contribution in [1.82, 2.24) is 4.90 Å². The lowest BCUT2D eigenvalue weighted by molar-refractivity contribution is -0.293. The number of alkyl halides is 11. The fraction of sp³-hybridized carbons (Fsp3) is 1.00. The van der Waals surface area contributed by atoms with Gasteiger partial charge in [0.15, 0.2) is 6.04 Å². The summed E-state index contributed by atoms with van der Waals surface area (Å²) >= 11 is 0. The van der Waals surface area contributed by atoms with E-state index in [-0.39, 0.29) is 13.2 Å². The Hall–Kier alpha value is -0.930. The molecule has 0 aliphatic carbocycles. The number of rotatable bonds is 5. The highest BCUT2D eigenvalue weighted by Crippen LogP contribution is 2.48. The van der Waals surface area contributed by atoms with Gasteiger partial charge in [0.2, 0.25) is 0 Å². The number of ether oxygens (including phenoxy) is 3. The monoisotopic (exact) mass is 483 g/mol. The fourth-order valence-corrected chi connectivity index (χ4v) is 3.37. The second kappa shape index (κ2) is 8.78. The first kappa shape index (κ1) is 26.3. The van der Waals surface area contributed by atoms with Crippen molar-refractivity contribution >= 4 is 0 Å². The predicted octanol–water partition coefficient (Wildman–Crippen LogP) is 3.84. The van der Waals surface area contributed by atoms with Crippen LogP contribution in [0.2, 0.25) is 0 Å². The van der Waals surface area contributed by atoms with Crippen molar-refractivity contribution in [1.29, 1.82) is 0 Å². The summed E-state index contributed by atoms with van der Waals surface area (Å²) in [5, 5.41) is 0. The van der Waals surface area contributed by atoms with Gasteiger partial charge in [-0.3, -0.25) is 4.90 Å². The second-order valence-electron chi connectivity index (χ2n) is 7.67. The largest absolute Gasteiger partial charge is 0.425 e. The summed E-state index contributed by atoms with van der Waals surface area (Å²) in [4.78, 5) is 0.396. The number of hydrogen-bond donors (Lipinski definition) is 0. The van der Waals surface area contributed by atoms with Crippen LogP contribution in [0, 0.1) is 5.41 Å². The molecule has 0 N–H and O–H groups in total. The van der Waals surface area contributed by atoms with Gasteiger partial charge in [0.05, 0.1) is 38.4 Å². The SMILES string of the molecule is CC1(C(F)(F)C(F)C(F)(F)F)COCC(C(F)(F)C(N2CCOCC2)C(F)(F)F)OC1. The average Bonchev–Trinajstić information content (AvgIpc) is 2.83. The third kappa shape index (κ3) is 5.36. The third-order valence-corrected chi connectivity index (χ3v) is 5.22. The van der Waals surface area contributed by atoms with Crippen LogP contribution in [-0.2, 0) is 14.2 Å². The molecule has 0 amide bonds. The topological polar surface area (TPSA) is 30.9 Å². The molecule has 4 atom stereocenters. The molecule has 2 saturated heterocycles. The Bertz CT molecular complexity index is 607. The van der Waals surface area contributed by atoms with Crippen molar-refractivity contribution in [2.45, 2.75) is 49.4 Å². The molecule has 4 nitrogen and oxygen atoms in total. The summed E-state index contributed by atoms with van der Waals surface area (Å²) in [6.07, 6.45) is -18.8. The Labute approximate surface area is 169 Å². The molecule has 0 spiro atoms. The van der Waals surface area contributed by atoms with Crippen LogP contribution in [0.1, 0.15) is 6.92 Å². The molecule has 2 heterocycles. The zero-order valence-corrected chi connectivity index (χ0v) is 16.0. The molecule has 2 aliphatic heterocycles. The van der Waals surface area contributed by atoms with Gasteiger partial charge in [0, 0.05) is 13.1 Å². The van der Waals surface area contributed by atoms with E-state index in [0.29, 0.717) is 11.8 Å². The summed E-state index contributed by atoms with van der Waals surface area (Å²) in [7, 11) is 0. The van der Waals surface area contributed by atoms with E-state index >= 15 is 0 Å². The molecule has 4 unspecified atom stereocenters. The van der Waals surface area contributed by atoms with E-state index in [1.165, 1.54) is 0 Å². The molecule has 2 aliphatic rings. The summed E-state index contributed by atoms with van der Waals surface area (Å²) in [6.45, 7) is -5.37. The van der Waals surface area contributed by atoms with Gasteiger partial charge < -0.3 is 14.2 Å². The molecule has 0 saturated carbocycles. The quantitative estimate of drug-likeness (QED) is 0.557. The minimum Gasteiger partial charge on any atom is -0.379 e. The summed E-state index contributed by atoms with van der Waals surface area (Å²) in [5.41, 5.74) is -3.07. The van der Waals surface area contributed by atoms with Gasteiger partial charge >= 0.3 is 12.4 Å². The Balaban J connectivity index is 2.26. The highest BCUT2D eigenvalue weighted by molar-refractivity contribution is 5.01. The Morgan fingerprint density at radius 2 is 1.39 bits per heavy atom. The number of hydrogen-bond acceptors (Lipinski definition) is 4. The lowest BCUT2D eigenvalue weighted by Crippen LogP contribution is -2.64. The van der Waals surface area contributed by atoms with Gasteiger partial charge in [0.1, 0.15) is 6.10 Å². The van der Waals surface area contributed by atoms with Gasteiger partial charge in [-0.1, -0.05) is 0 Å². The van der Waals surface area contributed by atoms with Crippen molar-refractivity contribution in [2.75, 3.05) is 46.1 Å². The Morgan fingerprint density at radius 1 is 0.839 bits per heavy atom.